The van der Waals surface area contributed by atoms with E-state index in [4.69, 9.17) is 4.98 Å². The second-order valence-corrected chi connectivity index (χ2v) is 10.1. The van der Waals surface area contributed by atoms with E-state index in [9.17, 15) is 9.59 Å². The molecule has 1 aliphatic rings. The zero-order valence-electron chi connectivity index (χ0n) is 18.4. The van der Waals surface area contributed by atoms with Crippen LogP contribution in [0.5, 0.6) is 0 Å². The maximum Gasteiger partial charge on any atom is 0.265 e. The zero-order chi connectivity index (χ0) is 22.6. The SMILES string of the molecule is Cc1cc(NC(=O)CC2CSc3nc4c(cnn4C(C)(C)C)c(=O)n32)c2ccccc2n1. The number of fused-ring (bicyclic) bond motifs is 3. The summed E-state index contributed by atoms with van der Waals surface area (Å²) in [7, 11) is 0. The molecule has 0 saturated heterocycles. The topological polar surface area (TPSA) is 94.7 Å². The number of carbonyl (C=O) groups excluding carboxylic acids is 1. The van der Waals surface area contributed by atoms with E-state index >= 15 is 0 Å². The molecule has 8 nitrogen and oxygen atoms in total. The fourth-order valence-electron chi connectivity index (χ4n) is 4.10. The summed E-state index contributed by atoms with van der Waals surface area (Å²) in [4.78, 5) is 35.4. The van der Waals surface area contributed by atoms with Gasteiger partial charge in [-0.15, -0.1) is 0 Å². The number of aryl methyl sites for hydroxylation is 1. The lowest BCUT2D eigenvalue weighted by molar-refractivity contribution is -0.116. The van der Waals surface area contributed by atoms with Gasteiger partial charge in [-0.3, -0.25) is 19.1 Å². The third-order valence-electron chi connectivity index (χ3n) is 5.55. The van der Waals surface area contributed by atoms with E-state index < -0.39 is 0 Å². The predicted molar refractivity (Wildman–Crippen MR) is 126 cm³/mol. The van der Waals surface area contributed by atoms with Crippen LogP contribution in [0, 0.1) is 6.92 Å². The molecule has 0 radical (unpaired) electrons. The minimum absolute atomic E-state index is 0.142. The maximum absolute atomic E-state index is 13.2. The second kappa shape index (κ2) is 7.44. The van der Waals surface area contributed by atoms with Gasteiger partial charge in [0.1, 0.15) is 5.39 Å². The summed E-state index contributed by atoms with van der Waals surface area (Å²) in [5, 5.41) is 9.42. The average Bonchev–Trinajstić information content (AvgIpc) is 3.32. The number of pyridine rings is 1. The van der Waals surface area contributed by atoms with Crippen LogP contribution in [0.15, 0.2) is 46.5 Å². The summed E-state index contributed by atoms with van der Waals surface area (Å²) < 4.78 is 3.43. The number of hydrogen-bond donors (Lipinski definition) is 1. The number of benzene rings is 1. The highest BCUT2D eigenvalue weighted by atomic mass is 32.2. The maximum atomic E-state index is 13.2. The number of aromatic nitrogens is 5. The van der Waals surface area contributed by atoms with Crippen LogP contribution in [-0.2, 0) is 10.3 Å². The monoisotopic (exact) mass is 448 g/mol. The molecule has 0 bridgehead atoms. The van der Waals surface area contributed by atoms with E-state index in [0.29, 0.717) is 21.9 Å². The molecular weight excluding hydrogens is 424 g/mol. The van der Waals surface area contributed by atoms with Gasteiger partial charge in [0.2, 0.25) is 5.91 Å². The van der Waals surface area contributed by atoms with E-state index in [-0.39, 0.29) is 29.5 Å². The molecule has 0 spiro atoms. The number of amides is 1. The first-order valence-corrected chi connectivity index (χ1v) is 11.5. The van der Waals surface area contributed by atoms with Crippen molar-refractivity contribution < 1.29 is 4.79 Å². The fourth-order valence-corrected chi connectivity index (χ4v) is 5.23. The molecule has 164 valence electrons. The van der Waals surface area contributed by atoms with Gasteiger partial charge in [-0.25, -0.2) is 9.67 Å². The minimum atomic E-state index is -0.284. The second-order valence-electron chi connectivity index (χ2n) is 9.08. The first kappa shape index (κ1) is 20.7. The van der Waals surface area contributed by atoms with E-state index in [1.54, 1.807) is 15.4 Å². The van der Waals surface area contributed by atoms with Crippen molar-refractivity contribution in [1.29, 1.82) is 0 Å². The molecule has 1 aliphatic heterocycles. The van der Waals surface area contributed by atoms with Crippen molar-refractivity contribution in [3.05, 3.63) is 52.6 Å². The summed E-state index contributed by atoms with van der Waals surface area (Å²) in [6.45, 7) is 7.98. The summed E-state index contributed by atoms with van der Waals surface area (Å²) in [6, 6.07) is 9.33. The Kier molecular flexibility index (Phi) is 4.81. The van der Waals surface area contributed by atoms with Crippen molar-refractivity contribution in [3.63, 3.8) is 0 Å². The van der Waals surface area contributed by atoms with Crippen LogP contribution in [0.2, 0.25) is 0 Å². The summed E-state index contributed by atoms with van der Waals surface area (Å²) >= 11 is 1.50. The molecule has 0 fully saturated rings. The van der Waals surface area contributed by atoms with Crippen molar-refractivity contribution in [1.82, 2.24) is 24.3 Å². The van der Waals surface area contributed by atoms with Crippen LogP contribution in [0.4, 0.5) is 5.69 Å². The Bertz CT molecular complexity index is 1430. The van der Waals surface area contributed by atoms with Gasteiger partial charge in [0.05, 0.1) is 29.0 Å². The van der Waals surface area contributed by atoms with Crippen LogP contribution >= 0.6 is 11.8 Å². The molecule has 5 rings (SSSR count). The molecule has 32 heavy (non-hydrogen) atoms. The fraction of sp³-hybridized carbons (Fsp3) is 0.348. The Morgan fingerprint density at radius 2 is 2.00 bits per heavy atom. The molecule has 1 unspecified atom stereocenters. The number of carbonyl (C=O) groups is 1. The smallest absolute Gasteiger partial charge is 0.265 e. The van der Waals surface area contributed by atoms with Crippen LogP contribution < -0.4 is 10.9 Å². The molecule has 4 heterocycles. The number of nitrogens with one attached hydrogen (secondary N) is 1. The van der Waals surface area contributed by atoms with Crippen molar-refractivity contribution >= 4 is 45.3 Å². The first-order valence-electron chi connectivity index (χ1n) is 10.5. The highest BCUT2D eigenvalue weighted by Gasteiger charge is 2.30. The molecule has 1 atom stereocenters. The van der Waals surface area contributed by atoms with Gasteiger partial charge >= 0.3 is 0 Å². The van der Waals surface area contributed by atoms with Crippen LogP contribution in [0.1, 0.15) is 38.9 Å². The van der Waals surface area contributed by atoms with Gasteiger partial charge in [-0.1, -0.05) is 30.0 Å². The average molecular weight is 449 g/mol. The Balaban J connectivity index is 1.44. The van der Waals surface area contributed by atoms with Gasteiger partial charge in [-0.2, -0.15) is 5.10 Å². The lowest BCUT2D eigenvalue weighted by Crippen LogP contribution is -2.29. The standard InChI is InChI=1S/C23H24N6O2S/c1-13-9-18(15-7-5-6-8-17(15)25-13)26-19(30)10-14-12-32-22-27-20-16(21(31)28(14)22)11-24-29(20)23(2,3)4/h5-9,11,14H,10,12H2,1-4H3,(H,25,26,30). The highest BCUT2D eigenvalue weighted by molar-refractivity contribution is 7.99. The van der Waals surface area contributed by atoms with E-state index in [1.807, 2.05) is 58.0 Å². The normalized spacial score (nSPS) is 15.9. The lowest BCUT2D eigenvalue weighted by atomic mass is 10.1. The highest BCUT2D eigenvalue weighted by Crippen LogP contribution is 2.34. The van der Waals surface area contributed by atoms with Gasteiger partial charge < -0.3 is 5.32 Å². The van der Waals surface area contributed by atoms with Crippen LogP contribution in [0.3, 0.4) is 0 Å². The van der Waals surface area contributed by atoms with Gasteiger partial charge in [-0.05, 0) is 39.8 Å². The van der Waals surface area contributed by atoms with Gasteiger partial charge in [0.15, 0.2) is 10.8 Å². The molecule has 3 aromatic heterocycles. The molecule has 9 heteroatoms. The molecule has 1 N–H and O–H groups in total. The van der Waals surface area contributed by atoms with Crippen LogP contribution in [-0.4, -0.2) is 36.0 Å². The zero-order valence-corrected chi connectivity index (χ0v) is 19.2. The number of hydrogen-bond acceptors (Lipinski definition) is 6. The Morgan fingerprint density at radius 3 is 2.78 bits per heavy atom. The summed E-state index contributed by atoms with van der Waals surface area (Å²) in [5.74, 6) is 0.484. The number of para-hydroxylation sites is 1. The van der Waals surface area contributed by atoms with E-state index in [0.717, 1.165) is 22.3 Å². The van der Waals surface area contributed by atoms with Crippen molar-refractivity contribution in [2.45, 2.75) is 50.9 Å². The molecule has 4 aromatic rings. The first-order chi connectivity index (χ1) is 15.2. The lowest BCUT2D eigenvalue weighted by Gasteiger charge is -2.20. The quantitative estimate of drug-likeness (QED) is 0.478. The number of nitrogens with zero attached hydrogens (tertiary/aromatic N) is 5. The number of thioether (sulfide) groups is 1. The predicted octanol–water partition coefficient (Wildman–Crippen LogP) is 3.88. The number of anilines is 1. The van der Waals surface area contributed by atoms with Crippen molar-refractivity contribution in [2.24, 2.45) is 0 Å². The molecule has 1 aromatic carbocycles. The summed E-state index contributed by atoms with van der Waals surface area (Å²) in [5.41, 5.74) is 2.56. The third kappa shape index (κ3) is 3.46. The Labute approximate surface area is 189 Å². The van der Waals surface area contributed by atoms with Gasteiger partial charge in [0, 0.05) is 23.3 Å². The molecular formula is C23H24N6O2S. The molecule has 0 saturated carbocycles. The largest absolute Gasteiger partial charge is 0.325 e. The van der Waals surface area contributed by atoms with Gasteiger partial charge in [0.25, 0.3) is 5.56 Å². The molecule has 1 amide bonds. The van der Waals surface area contributed by atoms with Crippen LogP contribution in [0.25, 0.3) is 21.9 Å². The van der Waals surface area contributed by atoms with E-state index in [2.05, 4.69) is 15.4 Å². The third-order valence-corrected chi connectivity index (χ3v) is 6.64. The molecule has 0 aliphatic carbocycles. The van der Waals surface area contributed by atoms with E-state index in [1.165, 1.54) is 11.8 Å². The van der Waals surface area contributed by atoms with Crippen molar-refractivity contribution in [2.75, 3.05) is 11.1 Å². The number of rotatable bonds is 3. The Hall–Kier alpha value is -3.20. The van der Waals surface area contributed by atoms with Crippen molar-refractivity contribution in [3.8, 4) is 0 Å². The minimum Gasteiger partial charge on any atom is -0.325 e. The Morgan fingerprint density at radius 1 is 1.22 bits per heavy atom. The summed E-state index contributed by atoms with van der Waals surface area (Å²) in [6.07, 6.45) is 1.77.